The number of hydrogen-bond acceptors (Lipinski definition) is 5. The number of carbonyl (C=O) groups is 1. The van der Waals surface area contributed by atoms with E-state index in [0.717, 1.165) is 69.2 Å². The van der Waals surface area contributed by atoms with Gasteiger partial charge in [-0.15, -0.1) is 10.2 Å². The number of nitrogens with zero attached hydrogens (tertiary/aromatic N) is 6. The topological polar surface area (TPSA) is 67.2 Å². The minimum Gasteiger partial charge on any atom is -0.355 e. The maximum atomic E-state index is 12.3. The SMILES string of the molecule is Cc1ccn(-c2ccc(N3CCC(CC(=O)N4CCCC4)CC3)nn2)n1. The largest absolute Gasteiger partial charge is 0.355 e. The average molecular weight is 354 g/mol. The van der Waals surface area contributed by atoms with Gasteiger partial charge in [-0.3, -0.25) is 4.79 Å². The summed E-state index contributed by atoms with van der Waals surface area (Å²) in [6.07, 6.45) is 7.01. The molecule has 0 N–H and O–H groups in total. The highest BCUT2D eigenvalue weighted by Gasteiger charge is 2.25. The fourth-order valence-corrected chi connectivity index (χ4v) is 3.86. The van der Waals surface area contributed by atoms with Crippen molar-refractivity contribution in [2.75, 3.05) is 31.1 Å². The lowest BCUT2D eigenvalue weighted by Gasteiger charge is -2.32. The van der Waals surface area contributed by atoms with Gasteiger partial charge in [0.25, 0.3) is 0 Å². The third-order valence-electron chi connectivity index (χ3n) is 5.45. The van der Waals surface area contributed by atoms with Crippen LogP contribution in [0.4, 0.5) is 5.82 Å². The summed E-state index contributed by atoms with van der Waals surface area (Å²) < 4.78 is 1.74. The highest BCUT2D eigenvalue weighted by atomic mass is 16.2. The average Bonchev–Trinajstić information content (AvgIpc) is 3.34. The zero-order chi connectivity index (χ0) is 17.9. The second-order valence-corrected chi connectivity index (χ2v) is 7.37. The first kappa shape index (κ1) is 17.0. The van der Waals surface area contributed by atoms with Crippen molar-refractivity contribution in [1.82, 2.24) is 24.9 Å². The van der Waals surface area contributed by atoms with E-state index >= 15 is 0 Å². The second-order valence-electron chi connectivity index (χ2n) is 7.37. The number of anilines is 1. The van der Waals surface area contributed by atoms with Gasteiger partial charge in [0, 0.05) is 38.8 Å². The van der Waals surface area contributed by atoms with Crippen LogP contribution in [-0.4, -0.2) is 57.0 Å². The highest BCUT2D eigenvalue weighted by molar-refractivity contribution is 5.76. The monoisotopic (exact) mass is 354 g/mol. The third-order valence-corrected chi connectivity index (χ3v) is 5.45. The van der Waals surface area contributed by atoms with Gasteiger partial charge < -0.3 is 9.80 Å². The van der Waals surface area contributed by atoms with Crippen molar-refractivity contribution in [3.63, 3.8) is 0 Å². The Balaban J connectivity index is 1.31. The molecule has 0 unspecified atom stereocenters. The molecule has 7 heteroatoms. The normalized spacial score (nSPS) is 18.5. The molecule has 0 spiro atoms. The Bertz CT molecular complexity index is 742. The van der Waals surface area contributed by atoms with Crippen molar-refractivity contribution < 1.29 is 4.79 Å². The van der Waals surface area contributed by atoms with Gasteiger partial charge in [-0.1, -0.05) is 0 Å². The Labute approximate surface area is 154 Å². The number of piperidine rings is 1. The van der Waals surface area contributed by atoms with Crippen LogP contribution in [0.15, 0.2) is 24.4 Å². The van der Waals surface area contributed by atoms with Crippen LogP contribution in [0.25, 0.3) is 5.82 Å². The molecule has 0 radical (unpaired) electrons. The molecule has 0 bridgehead atoms. The zero-order valence-corrected chi connectivity index (χ0v) is 15.3. The van der Waals surface area contributed by atoms with Crippen LogP contribution in [0, 0.1) is 12.8 Å². The Morgan fingerprint density at radius 1 is 1.04 bits per heavy atom. The molecule has 0 atom stereocenters. The lowest BCUT2D eigenvalue weighted by molar-refractivity contribution is -0.131. The van der Waals surface area contributed by atoms with E-state index in [1.807, 2.05) is 36.2 Å². The van der Waals surface area contributed by atoms with Crippen molar-refractivity contribution in [2.45, 2.75) is 39.0 Å². The van der Waals surface area contributed by atoms with Crippen molar-refractivity contribution in [2.24, 2.45) is 5.92 Å². The highest BCUT2D eigenvalue weighted by Crippen LogP contribution is 2.25. The number of aromatic nitrogens is 4. The van der Waals surface area contributed by atoms with Crippen LogP contribution in [0.1, 0.15) is 37.8 Å². The molecule has 4 heterocycles. The number of carbonyl (C=O) groups excluding carboxylic acids is 1. The van der Waals surface area contributed by atoms with Gasteiger partial charge in [-0.05, 0) is 56.7 Å². The predicted molar refractivity (Wildman–Crippen MR) is 99.3 cm³/mol. The smallest absolute Gasteiger partial charge is 0.222 e. The number of rotatable bonds is 4. The Hall–Kier alpha value is -2.44. The second kappa shape index (κ2) is 7.43. The van der Waals surface area contributed by atoms with Crippen LogP contribution in [-0.2, 0) is 4.79 Å². The summed E-state index contributed by atoms with van der Waals surface area (Å²) >= 11 is 0. The van der Waals surface area contributed by atoms with Crippen molar-refractivity contribution in [1.29, 1.82) is 0 Å². The molecule has 2 aromatic rings. The van der Waals surface area contributed by atoms with E-state index in [0.29, 0.717) is 18.2 Å². The molecular formula is C19H26N6O. The summed E-state index contributed by atoms with van der Waals surface area (Å²) in [7, 11) is 0. The molecule has 4 rings (SSSR count). The molecular weight excluding hydrogens is 328 g/mol. The molecule has 7 nitrogen and oxygen atoms in total. The number of aryl methyl sites for hydroxylation is 1. The third kappa shape index (κ3) is 3.71. The van der Waals surface area contributed by atoms with Crippen LogP contribution >= 0.6 is 0 Å². The van der Waals surface area contributed by atoms with E-state index in [9.17, 15) is 4.79 Å². The van der Waals surface area contributed by atoms with Gasteiger partial charge in [-0.2, -0.15) is 5.10 Å². The Morgan fingerprint density at radius 2 is 1.73 bits per heavy atom. The van der Waals surface area contributed by atoms with E-state index in [1.54, 1.807) is 4.68 Å². The van der Waals surface area contributed by atoms with E-state index in [-0.39, 0.29) is 0 Å². The lowest BCUT2D eigenvalue weighted by Crippen LogP contribution is -2.37. The minimum atomic E-state index is 0.347. The minimum absolute atomic E-state index is 0.347. The molecule has 138 valence electrons. The van der Waals surface area contributed by atoms with Crippen molar-refractivity contribution in [3.05, 3.63) is 30.1 Å². The summed E-state index contributed by atoms with van der Waals surface area (Å²) in [5, 5.41) is 13.0. The van der Waals surface area contributed by atoms with E-state index in [2.05, 4.69) is 20.2 Å². The fourth-order valence-electron chi connectivity index (χ4n) is 3.86. The van der Waals surface area contributed by atoms with Crippen LogP contribution in [0.2, 0.25) is 0 Å². The van der Waals surface area contributed by atoms with Crippen molar-refractivity contribution in [3.8, 4) is 5.82 Å². The quantitative estimate of drug-likeness (QED) is 0.842. The molecule has 26 heavy (non-hydrogen) atoms. The van der Waals surface area contributed by atoms with Crippen molar-refractivity contribution >= 4 is 11.7 Å². The molecule has 2 aliphatic rings. The van der Waals surface area contributed by atoms with Crippen LogP contribution in [0.3, 0.4) is 0 Å². The van der Waals surface area contributed by atoms with Crippen LogP contribution in [0.5, 0.6) is 0 Å². The van der Waals surface area contributed by atoms with Gasteiger partial charge >= 0.3 is 0 Å². The predicted octanol–water partition coefficient (Wildman–Crippen LogP) is 2.20. The fraction of sp³-hybridized carbons (Fsp3) is 0.579. The molecule has 2 fully saturated rings. The first-order valence-electron chi connectivity index (χ1n) is 9.58. The van der Waals surface area contributed by atoms with E-state index in [4.69, 9.17) is 0 Å². The summed E-state index contributed by atoms with van der Waals surface area (Å²) in [4.78, 5) is 16.6. The molecule has 1 amide bonds. The first-order valence-corrected chi connectivity index (χ1v) is 9.58. The molecule has 0 aromatic carbocycles. The van der Waals surface area contributed by atoms with Gasteiger partial charge in [0.1, 0.15) is 0 Å². The molecule has 2 aliphatic heterocycles. The van der Waals surface area contributed by atoms with Gasteiger partial charge in [0.15, 0.2) is 11.6 Å². The summed E-state index contributed by atoms with van der Waals surface area (Å²) in [5.41, 5.74) is 0.960. The molecule has 2 saturated heterocycles. The standard InChI is InChI=1S/C19H26N6O/c1-15-6-13-25(22-15)18-5-4-17(20-21-18)23-11-7-16(8-12-23)14-19(26)24-9-2-3-10-24/h4-6,13,16H,2-3,7-12,14H2,1H3. The maximum Gasteiger partial charge on any atom is 0.222 e. The summed E-state index contributed by atoms with van der Waals surface area (Å²) in [6, 6.07) is 5.91. The Kier molecular flexibility index (Phi) is 4.86. The van der Waals surface area contributed by atoms with Gasteiger partial charge in [-0.25, -0.2) is 4.68 Å². The number of hydrogen-bond donors (Lipinski definition) is 0. The van der Waals surface area contributed by atoms with Gasteiger partial charge in [0.05, 0.1) is 5.69 Å². The zero-order valence-electron chi connectivity index (χ0n) is 15.3. The maximum absolute atomic E-state index is 12.3. The lowest BCUT2D eigenvalue weighted by atomic mass is 9.93. The first-order chi connectivity index (χ1) is 12.7. The molecule has 2 aromatic heterocycles. The number of likely N-dealkylation sites (tertiary alicyclic amines) is 1. The summed E-state index contributed by atoms with van der Waals surface area (Å²) in [5.74, 6) is 2.48. The Morgan fingerprint density at radius 3 is 2.35 bits per heavy atom. The van der Waals surface area contributed by atoms with Gasteiger partial charge in [0.2, 0.25) is 5.91 Å². The van der Waals surface area contributed by atoms with E-state index in [1.165, 1.54) is 0 Å². The van der Waals surface area contributed by atoms with E-state index < -0.39 is 0 Å². The molecule has 0 saturated carbocycles. The summed E-state index contributed by atoms with van der Waals surface area (Å²) in [6.45, 7) is 5.74. The molecule has 0 aliphatic carbocycles. The van der Waals surface area contributed by atoms with Crippen LogP contribution < -0.4 is 4.90 Å². The number of amides is 1.